The average molecular weight is 329 g/mol. The van der Waals surface area contributed by atoms with Crippen LogP contribution in [0.3, 0.4) is 0 Å². The van der Waals surface area contributed by atoms with E-state index in [4.69, 9.17) is 0 Å². The van der Waals surface area contributed by atoms with Crippen molar-refractivity contribution in [1.82, 2.24) is 20.0 Å². The van der Waals surface area contributed by atoms with E-state index in [0.29, 0.717) is 23.7 Å². The predicted octanol–water partition coefficient (Wildman–Crippen LogP) is 2.77. The molecule has 0 fully saturated rings. The van der Waals surface area contributed by atoms with Crippen LogP contribution >= 0.6 is 0 Å². The molecule has 0 aliphatic rings. The largest absolute Gasteiger partial charge is 0.365 e. The number of nitriles is 1. The molecule has 130 valence electrons. The first-order valence-corrected chi connectivity index (χ1v) is 8.32. The lowest BCUT2D eigenvalue weighted by Gasteiger charge is -2.18. The van der Waals surface area contributed by atoms with Crippen LogP contribution in [0, 0.1) is 11.3 Å². The Labute approximate surface area is 143 Å². The third kappa shape index (κ3) is 3.53. The number of hydrogen-bond acceptors (Lipinski definition) is 5. The van der Waals surface area contributed by atoms with E-state index in [0.717, 1.165) is 24.3 Å². The third-order valence-corrected chi connectivity index (χ3v) is 3.99. The highest BCUT2D eigenvalue weighted by molar-refractivity contribution is 5.66. The lowest BCUT2D eigenvalue weighted by Crippen LogP contribution is -2.23. The molecular formula is C17H27N7. The van der Waals surface area contributed by atoms with Crippen molar-refractivity contribution in [2.24, 2.45) is 7.05 Å². The van der Waals surface area contributed by atoms with Gasteiger partial charge in [0.05, 0.1) is 5.69 Å². The fraction of sp³-hybridized carbons (Fsp3) is 0.588. The van der Waals surface area contributed by atoms with Gasteiger partial charge in [0.15, 0.2) is 5.82 Å². The summed E-state index contributed by atoms with van der Waals surface area (Å²) in [4.78, 5) is 2.06. The van der Waals surface area contributed by atoms with Gasteiger partial charge in [-0.25, -0.2) is 0 Å². The molecule has 0 saturated carbocycles. The molecule has 0 amide bonds. The normalized spacial score (nSPS) is 11.4. The summed E-state index contributed by atoms with van der Waals surface area (Å²) in [5, 5.41) is 24.7. The van der Waals surface area contributed by atoms with Crippen molar-refractivity contribution in [3.63, 3.8) is 0 Å². The molecule has 0 saturated heterocycles. The van der Waals surface area contributed by atoms with Crippen LogP contribution in [0.2, 0.25) is 0 Å². The minimum absolute atomic E-state index is 0.0311. The first kappa shape index (κ1) is 17.9. The lowest BCUT2D eigenvalue weighted by atomic mass is 9.89. The number of nitrogens with zero attached hydrogens (tertiary/aromatic N) is 5. The van der Waals surface area contributed by atoms with Gasteiger partial charge >= 0.3 is 0 Å². The number of rotatable bonds is 6. The van der Waals surface area contributed by atoms with Crippen LogP contribution in [0.4, 0.5) is 11.6 Å². The zero-order valence-corrected chi connectivity index (χ0v) is 15.4. The van der Waals surface area contributed by atoms with E-state index < -0.39 is 0 Å². The Bertz CT molecular complexity index is 723. The molecule has 2 aromatic heterocycles. The van der Waals surface area contributed by atoms with Crippen molar-refractivity contribution in [1.29, 1.82) is 5.26 Å². The maximum Gasteiger partial charge on any atom is 0.170 e. The zero-order valence-electron chi connectivity index (χ0n) is 15.4. The van der Waals surface area contributed by atoms with Crippen molar-refractivity contribution in [3.8, 4) is 6.07 Å². The van der Waals surface area contributed by atoms with Crippen LogP contribution in [-0.4, -0.2) is 33.1 Å². The predicted molar refractivity (Wildman–Crippen MR) is 96.1 cm³/mol. The molecule has 7 heteroatoms. The van der Waals surface area contributed by atoms with Crippen molar-refractivity contribution in [3.05, 3.63) is 23.0 Å². The molecule has 0 atom stereocenters. The van der Waals surface area contributed by atoms with E-state index in [1.54, 1.807) is 0 Å². The highest BCUT2D eigenvalue weighted by Gasteiger charge is 2.22. The maximum absolute atomic E-state index is 9.52. The summed E-state index contributed by atoms with van der Waals surface area (Å²) >= 11 is 0. The van der Waals surface area contributed by atoms with E-state index in [9.17, 15) is 5.26 Å². The number of nitrogens with one attached hydrogen (secondary N) is 2. The van der Waals surface area contributed by atoms with Crippen molar-refractivity contribution >= 4 is 11.6 Å². The Kier molecular flexibility index (Phi) is 5.17. The smallest absolute Gasteiger partial charge is 0.170 e. The highest BCUT2D eigenvalue weighted by atomic mass is 15.3. The fourth-order valence-corrected chi connectivity index (χ4v) is 2.80. The SMILES string of the molecule is CCN(CC)c1n[nH]c(NCc2cn(C)nc2C(C)(C)C)c1C#N. The van der Waals surface area contributed by atoms with Gasteiger partial charge < -0.3 is 10.2 Å². The Morgan fingerprint density at radius 3 is 2.54 bits per heavy atom. The third-order valence-electron chi connectivity index (χ3n) is 3.99. The molecule has 0 aliphatic heterocycles. The first-order valence-electron chi connectivity index (χ1n) is 8.32. The van der Waals surface area contributed by atoms with Crippen LogP contribution in [0.5, 0.6) is 0 Å². The van der Waals surface area contributed by atoms with Gasteiger partial charge in [0, 0.05) is 43.9 Å². The van der Waals surface area contributed by atoms with Gasteiger partial charge in [0.25, 0.3) is 0 Å². The quantitative estimate of drug-likeness (QED) is 0.851. The van der Waals surface area contributed by atoms with E-state index in [2.05, 4.69) is 66.2 Å². The van der Waals surface area contributed by atoms with Gasteiger partial charge in [-0.1, -0.05) is 20.8 Å². The Morgan fingerprint density at radius 1 is 1.33 bits per heavy atom. The number of aromatic amines is 1. The fourth-order valence-electron chi connectivity index (χ4n) is 2.80. The Hall–Kier alpha value is -2.49. The van der Waals surface area contributed by atoms with Gasteiger partial charge in [0.1, 0.15) is 17.5 Å². The minimum Gasteiger partial charge on any atom is -0.365 e. The zero-order chi connectivity index (χ0) is 17.9. The average Bonchev–Trinajstić information content (AvgIpc) is 3.09. The molecule has 0 bridgehead atoms. The monoisotopic (exact) mass is 329 g/mol. The van der Waals surface area contributed by atoms with Crippen molar-refractivity contribution in [2.45, 2.75) is 46.6 Å². The summed E-state index contributed by atoms with van der Waals surface area (Å²) in [6.07, 6.45) is 2.02. The second-order valence-corrected chi connectivity index (χ2v) is 6.86. The number of hydrogen-bond donors (Lipinski definition) is 2. The minimum atomic E-state index is -0.0311. The van der Waals surface area contributed by atoms with Gasteiger partial charge in [-0.2, -0.15) is 15.5 Å². The van der Waals surface area contributed by atoms with Gasteiger partial charge in [-0.3, -0.25) is 9.78 Å². The van der Waals surface area contributed by atoms with Crippen LogP contribution < -0.4 is 10.2 Å². The highest BCUT2D eigenvalue weighted by Crippen LogP contribution is 2.27. The molecule has 2 heterocycles. The molecule has 2 N–H and O–H groups in total. The van der Waals surface area contributed by atoms with Crippen LogP contribution in [0.25, 0.3) is 0 Å². The van der Waals surface area contributed by atoms with Crippen molar-refractivity contribution in [2.75, 3.05) is 23.3 Å². The van der Waals surface area contributed by atoms with E-state index in [-0.39, 0.29) is 5.41 Å². The standard InChI is InChI=1S/C17H27N7/c1-7-24(8-2)16-13(9-18)15(20-21-16)19-10-12-11-23(6)22-14(12)17(3,4)5/h11H,7-8,10H2,1-6H3,(H2,19,20,21). The molecule has 0 aliphatic carbocycles. The molecule has 0 aromatic carbocycles. The molecule has 2 rings (SSSR count). The van der Waals surface area contributed by atoms with Crippen LogP contribution in [0.15, 0.2) is 6.20 Å². The second-order valence-electron chi connectivity index (χ2n) is 6.86. The lowest BCUT2D eigenvalue weighted by molar-refractivity contribution is 0.549. The summed E-state index contributed by atoms with van der Waals surface area (Å²) in [6, 6.07) is 2.26. The number of anilines is 2. The summed E-state index contributed by atoms with van der Waals surface area (Å²) < 4.78 is 1.83. The summed E-state index contributed by atoms with van der Waals surface area (Å²) in [7, 11) is 1.92. The number of H-pyrrole nitrogens is 1. The van der Waals surface area contributed by atoms with E-state index in [1.807, 2.05) is 17.9 Å². The maximum atomic E-state index is 9.52. The second kappa shape index (κ2) is 6.95. The molecule has 0 unspecified atom stereocenters. The molecule has 0 spiro atoms. The molecule has 24 heavy (non-hydrogen) atoms. The first-order chi connectivity index (χ1) is 11.3. The Morgan fingerprint density at radius 2 is 2.00 bits per heavy atom. The molecule has 7 nitrogen and oxygen atoms in total. The van der Waals surface area contributed by atoms with Gasteiger partial charge in [-0.15, -0.1) is 0 Å². The van der Waals surface area contributed by atoms with Crippen molar-refractivity contribution < 1.29 is 0 Å². The number of aryl methyl sites for hydroxylation is 1. The van der Waals surface area contributed by atoms with E-state index in [1.165, 1.54) is 0 Å². The molecule has 2 aromatic rings. The molecular weight excluding hydrogens is 302 g/mol. The topological polar surface area (TPSA) is 85.6 Å². The summed E-state index contributed by atoms with van der Waals surface area (Å²) in [6.45, 7) is 12.8. The van der Waals surface area contributed by atoms with E-state index >= 15 is 0 Å². The van der Waals surface area contributed by atoms with Gasteiger partial charge in [-0.05, 0) is 13.8 Å². The summed E-state index contributed by atoms with van der Waals surface area (Å²) in [5.41, 5.74) is 2.70. The van der Waals surface area contributed by atoms with Crippen LogP contribution in [-0.2, 0) is 19.0 Å². The molecule has 0 radical (unpaired) electrons. The Balaban J connectivity index is 2.24. The summed E-state index contributed by atoms with van der Waals surface area (Å²) in [5.74, 6) is 1.36. The van der Waals surface area contributed by atoms with Gasteiger partial charge in [0.2, 0.25) is 0 Å². The number of aromatic nitrogens is 4. The van der Waals surface area contributed by atoms with Crippen LogP contribution in [0.1, 0.15) is 51.4 Å².